The van der Waals surface area contributed by atoms with E-state index in [1.165, 1.54) is 12.3 Å². The average molecular weight is 263 g/mol. The Hall–Kier alpha value is -0.650. The topological polar surface area (TPSA) is 48.3 Å². The third-order valence-electron chi connectivity index (χ3n) is 1.64. The van der Waals surface area contributed by atoms with Crippen LogP contribution in [0.25, 0.3) is 0 Å². The van der Waals surface area contributed by atoms with Gasteiger partial charge in [-0.25, -0.2) is 9.37 Å². The highest BCUT2D eigenvalue weighted by atomic mass is 35.5. The fourth-order valence-corrected chi connectivity index (χ4v) is 1.47. The molecule has 0 N–H and O–H groups in total. The van der Waals surface area contributed by atoms with Crippen LogP contribution in [0, 0.1) is 5.82 Å². The van der Waals surface area contributed by atoms with E-state index in [-0.39, 0.29) is 5.15 Å². The first kappa shape index (κ1) is 13.4. The number of pyridine rings is 1. The van der Waals surface area contributed by atoms with Crippen LogP contribution in [0.5, 0.6) is 0 Å². The molecule has 1 aromatic heterocycles. The van der Waals surface area contributed by atoms with Gasteiger partial charge in [0.25, 0.3) is 0 Å². The summed E-state index contributed by atoms with van der Waals surface area (Å²) in [5.74, 6) is -0.507. The molecule has 88 valence electrons. The third-order valence-corrected chi connectivity index (χ3v) is 3.30. The summed E-state index contributed by atoms with van der Waals surface area (Å²) in [4.78, 5) is 3.62. The van der Waals surface area contributed by atoms with Crippen molar-refractivity contribution in [2.45, 2.75) is 25.5 Å². The molecule has 0 radical (unpaired) electrons. The van der Waals surface area contributed by atoms with Gasteiger partial charge in [-0.1, -0.05) is 16.0 Å². The van der Waals surface area contributed by atoms with Crippen molar-refractivity contribution in [2.24, 2.45) is 4.40 Å². The highest BCUT2D eigenvalue weighted by Gasteiger charge is 2.25. The molecule has 1 aromatic rings. The molecule has 6 heteroatoms. The summed E-state index contributed by atoms with van der Waals surface area (Å²) in [6.07, 6.45) is 2.29. The standard InChI is InChI=1S/C10H12ClFN2OS/c1-10(2,3)16(15)14-5-7-4-8(12)6-13-9(7)11/h4-6H,1-3H3/b14-5+. The molecular formula is C10H12ClFN2OS. The Kier molecular flexibility index (Phi) is 4.29. The van der Waals surface area contributed by atoms with Crippen LogP contribution >= 0.6 is 11.6 Å². The van der Waals surface area contributed by atoms with E-state index < -0.39 is 21.9 Å². The number of hydrogen-bond donors (Lipinski definition) is 0. The van der Waals surface area contributed by atoms with Crippen LogP contribution in [0.3, 0.4) is 0 Å². The number of nitrogens with zero attached hydrogens (tertiary/aromatic N) is 2. The van der Waals surface area contributed by atoms with Gasteiger partial charge in [-0.3, -0.25) is 0 Å². The molecule has 16 heavy (non-hydrogen) atoms. The lowest BCUT2D eigenvalue weighted by Gasteiger charge is -2.17. The fourth-order valence-electron chi connectivity index (χ4n) is 0.792. The molecule has 0 aliphatic carbocycles. The van der Waals surface area contributed by atoms with Gasteiger partial charge in [0.05, 0.1) is 12.4 Å². The molecule has 0 saturated heterocycles. The van der Waals surface area contributed by atoms with Gasteiger partial charge in [0, 0.05) is 5.56 Å². The minimum Gasteiger partial charge on any atom is -0.591 e. The Labute approximate surface area is 102 Å². The number of hydrogen-bond acceptors (Lipinski definition) is 3. The van der Waals surface area contributed by atoms with Crippen molar-refractivity contribution in [1.29, 1.82) is 0 Å². The van der Waals surface area contributed by atoms with E-state index in [0.717, 1.165) is 6.20 Å². The normalized spacial score (nSPS) is 14.4. The maximum atomic E-state index is 12.8. The number of halogens is 2. The van der Waals surface area contributed by atoms with Crippen molar-refractivity contribution >= 4 is 29.2 Å². The molecule has 0 bridgehead atoms. The predicted octanol–water partition coefficient (Wildman–Crippen LogP) is 2.76. The highest BCUT2D eigenvalue weighted by Crippen LogP contribution is 2.18. The van der Waals surface area contributed by atoms with Gasteiger partial charge in [0.1, 0.15) is 27.1 Å². The van der Waals surface area contributed by atoms with Crippen LogP contribution in [0.15, 0.2) is 16.7 Å². The Balaban J connectivity index is 2.88. The first-order valence-electron chi connectivity index (χ1n) is 4.58. The van der Waals surface area contributed by atoms with Crippen molar-refractivity contribution in [1.82, 2.24) is 4.98 Å². The quantitative estimate of drug-likeness (QED) is 0.467. The summed E-state index contributed by atoms with van der Waals surface area (Å²) in [6, 6.07) is 1.19. The summed E-state index contributed by atoms with van der Waals surface area (Å²) in [6.45, 7) is 5.39. The van der Waals surface area contributed by atoms with E-state index in [1.54, 1.807) is 20.8 Å². The Morgan fingerprint density at radius 2 is 2.19 bits per heavy atom. The summed E-state index contributed by atoms with van der Waals surface area (Å²) in [5, 5.41) is 0.135. The lowest BCUT2D eigenvalue weighted by molar-refractivity contribution is 0.562. The maximum Gasteiger partial charge on any atom is 0.144 e. The number of aromatic nitrogens is 1. The van der Waals surface area contributed by atoms with Crippen molar-refractivity contribution in [3.05, 3.63) is 28.8 Å². The van der Waals surface area contributed by atoms with E-state index in [1.807, 2.05) is 0 Å². The lowest BCUT2D eigenvalue weighted by Crippen LogP contribution is -2.25. The van der Waals surface area contributed by atoms with Crippen LogP contribution in [0.1, 0.15) is 26.3 Å². The van der Waals surface area contributed by atoms with Gasteiger partial charge in [-0.15, -0.1) is 0 Å². The van der Waals surface area contributed by atoms with Crippen LogP contribution in [-0.4, -0.2) is 20.5 Å². The fraction of sp³-hybridized carbons (Fsp3) is 0.400. The highest BCUT2D eigenvalue weighted by molar-refractivity contribution is 7.91. The van der Waals surface area contributed by atoms with Crippen LogP contribution in [0.2, 0.25) is 5.15 Å². The van der Waals surface area contributed by atoms with Gasteiger partial charge >= 0.3 is 0 Å². The van der Waals surface area contributed by atoms with E-state index in [2.05, 4.69) is 9.38 Å². The van der Waals surface area contributed by atoms with Crippen molar-refractivity contribution < 1.29 is 8.94 Å². The third kappa shape index (κ3) is 3.73. The molecule has 0 aliphatic heterocycles. The Morgan fingerprint density at radius 1 is 1.56 bits per heavy atom. The predicted molar refractivity (Wildman–Crippen MR) is 64.7 cm³/mol. The molecule has 0 aromatic carbocycles. The molecule has 1 atom stereocenters. The second-order valence-corrected chi connectivity index (χ2v) is 6.42. The van der Waals surface area contributed by atoms with Gasteiger partial charge in [-0.2, -0.15) is 0 Å². The SMILES string of the molecule is CC(C)(C)[S+]([O-])/N=C/c1cc(F)cnc1Cl. The molecule has 0 aliphatic rings. The summed E-state index contributed by atoms with van der Waals surface area (Å²) in [5.41, 5.74) is 0.319. The average Bonchev–Trinajstić information content (AvgIpc) is 2.17. The number of rotatable bonds is 2. The molecule has 1 rings (SSSR count). The smallest absolute Gasteiger partial charge is 0.144 e. The summed E-state index contributed by atoms with van der Waals surface area (Å²) < 4.78 is 27.8. The second-order valence-electron chi connectivity index (χ2n) is 4.13. The zero-order valence-corrected chi connectivity index (χ0v) is 10.8. The summed E-state index contributed by atoms with van der Waals surface area (Å²) >= 11 is 4.33. The van der Waals surface area contributed by atoms with Crippen LogP contribution in [-0.2, 0) is 11.4 Å². The van der Waals surface area contributed by atoms with Gasteiger partial charge in [0.15, 0.2) is 0 Å². The first-order chi connectivity index (χ1) is 7.30. The molecule has 0 saturated carbocycles. The molecule has 0 fully saturated rings. The monoisotopic (exact) mass is 262 g/mol. The molecule has 0 spiro atoms. The zero-order chi connectivity index (χ0) is 12.3. The van der Waals surface area contributed by atoms with E-state index in [0.29, 0.717) is 5.56 Å². The van der Waals surface area contributed by atoms with Gasteiger partial charge in [0.2, 0.25) is 0 Å². The van der Waals surface area contributed by atoms with Crippen LogP contribution in [0.4, 0.5) is 4.39 Å². The van der Waals surface area contributed by atoms with Crippen molar-refractivity contribution in [3.63, 3.8) is 0 Å². The Bertz CT molecular complexity index is 406. The second kappa shape index (κ2) is 5.12. The van der Waals surface area contributed by atoms with E-state index >= 15 is 0 Å². The van der Waals surface area contributed by atoms with Crippen LogP contribution < -0.4 is 0 Å². The first-order valence-corrected chi connectivity index (χ1v) is 6.06. The Morgan fingerprint density at radius 3 is 2.75 bits per heavy atom. The molecular weight excluding hydrogens is 251 g/mol. The van der Waals surface area contributed by atoms with Gasteiger partial charge in [-0.05, 0) is 26.8 Å². The van der Waals surface area contributed by atoms with E-state index in [9.17, 15) is 8.94 Å². The minimum absolute atomic E-state index is 0.135. The molecule has 0 amide bonds. The largest absolute Gasteiger partial charge is 0.591 e. The molecule has 1 heterocycles. The van der Waals surface area contributed by atoms with Crippen molar-refractivity contribution in [2.75, 3.05) is 0 Å². The molecule has 1 unspecified atom stereocenters. The van der Waals surface area contributed by atoms with Crippen molar-refractivity contribution in [3.8, 4) is 0 Å². The lowest BCUT2D eigenvalue weighted by atomic mass is 10.3. The van der Waals surface area contributed by atoms with E-state index in [4.69, 9.17) is 11.6 Å². The minimum atomic E-state index is -1.39. The zero-order valence-electron chi connectivity index (χ0n) is 9.20. The van der Waals surface area contributed by atoms with Gasteiger partial charge < -0.3 is 4.55 Å². The maximum absolute atomic E-state index is 12.8. The summed E-state index contributed by atoms with van der Waals surface area (Å²) in [7, 11) is 0. The molecule has 3 nitrogen and oxygen atoms in total.